The highest BCUT2D eigenvalue weighted by molar-refractivity contribution is 9.09. The van der Waals surface area contributed by atoms with Crippen molar-refractivity contribution in [1.82, 2.24) is 4.72 Å². The van der Waals surface area contributed by atoms with Crippen molar-refractivity contribution in [2.45, 2.75) is 56.3 Å². The van der Waals surface area contributed by atoms with Crippen molar-refractivity contribution in [3.8, 4) is 0 Å². The molecule has 0 amide bonds. The van der Waals surface area contributed by atoms with Crippen LogP contribution in [0.4, 0.5) is 0 Å². The van der Waals surface area contributed by atoms with Crippen molar-refractivity contribution >= 4 is 26.0 Å². The summed E-state index contributed by atoms with van der Waals surface area (Å²) in [6.45, 7) is 2.00. The van der Waals surface area contributed by atoms with Crippen LogP contribution in [0.2, 0.25) is 0 Å². The van der Waals surface area contributed by atoms with Gasteiger partial charge in [0.25, 0.3) is 0 Å². The molecular weight excluding hydrogens is 278 g/mol. The first-order valence-electron chi connectivity index (χ1n) is 5.69. The largest absolute Gasteiger partial charge is 0.212 e. The average molecular weight is 298 g/mol. The van der Waals surface area contributed by atoms with E-state index in [2.05, 4.69) is 20.7 Å². The summed E-state index contributed by atoms with van der Waals surface area (Å²) in [5.41, 5.74) is 0. The highest BCUT2D eigenvalue weighted by Crippen LogP contribution is 2.25. The van der Waals surface area contributed by atoms with E-state index in [1.54, 1.807) is 0 Å². The zero-order valence-electron chi connectivity index (χ0n) is 9.21. The molecule has 1 N–H and O–H groups in total. The Morgan fingerprint density at radius 2 is 2.00 bits per heavy atom. The van der Waals surface area contributed by atoms with Gasteiger partial charge in [-0.25, -0.2) is 13.1 Å². The van der Waals surface area contributed by atoms with Gasteiger partial charge in [0, 0.05) is 10.9 Å². The molecular formula is C10H20BrNO2S. The maximum Gasteiger partial charge on any atom is 0.211 e. The lowest BCUT2D eigenvalue weighted by atomic mass is 9.96. The van der Waals surface area contributed by atoms with E-state index in [-0.39, 0.29) is 11.8 Å². The van der Waals surface area contributed by atoms with E-state index >= 15 is 0 Å². The molecule has 0 aromatic rings. The number of hydrogen-bond acceptors (Lipinski definition) is 2. The molecule has 0 heterocycles. The molecule has 0 bridgehead atoms. The minimum absolute atomic E-state index is 0.0978. The lowest BCUT2D eigenvalue weighted by Crippen LogP contribution is -2.43. The minimum Gasteiger partial charge on any atom is -0.212 e. The highest BCUT2D eigenvalue weighted by Gasteiger charge is 2.26. The van der Waals surface area contributed by atoms with E-state index in [0.29, 0.717) is 4.83 Å². The van der Waals surface area contributed by atoms with E-state index in [4.69, 9.17) is 0 Å². The summed E-state index contributed by atoms with van der Waals surface area (Å²) in [7, 11) is -3.06. The van der Waals surface area contributed by atoms with Crippen molar-refractivity contribution < 1.29 is 8.42 Å². The second-order valence-corrected chi connectivity index (χ2v) is 7.25. The van der Waals surface area contributed by atoms with Crippen molar-refractivity contribution in [3.63, 3.8) is 0 Å². The first-order chi connectivity index (χ1) is 7.05. The van der Waals surface area contributed by atoms with Crippen LogP contribution in [0.15, 0.2) is 0 Å². The molecule has 0 aromatic heterocycles. The van der Waals surface area contributed by atoms with Crippen LogP contribution in [0.3, 0.4) is 0 Å². The number of unbranched alkanes of at least 4 members (excludes halogenated alkanes) is 1. The summed E-state index contributed by atoms with van der Waals surface area (Å²) >= 11 is 3.55. The zero-order valence-corrected chi connectivity index (χ0v) is 11.6. The van der Waals surface area contributed by atoms with Crippen LogP contribution in [-0.2, 0) is 10.0 Å². The van der Waals surface area contributed by atoms with Crippen LogP contribution < -0.4 is 4.72 Å². The van der Waals surface area contributed by atoms with Gasteiger partial charge in [-0.15, -0.1) is 0 Å². The third kappa shape index (κ3) is 4.83. The third-order valence-corrected chi connectivity index (χ3v) is 5.36. The Hall–Kier alpha value is 0.390. The van der Waals surface area contributed by atoms with Crippen molar-refractivity contribution in [2.24, 2.45) is 0 Å². The summed E-state index contributed by atoms with van der Waals surface area (Å²) in [6.07, 6.45) is 6.02. The third-order valence-electron chi connectivity index (χ3n) is 2.78. The molecule has 0 radical (unpaired) electrons. The predicted molar refractivity (Wildman–Crippen MR) is 66.8 cm³/mol. The van der Waals surface area contributed by atoms with Gasteiger partial charge in [-0.1, -0.05) is 42.1 Å². The lowest BCUT2D eigenvalue weighted by Gasteiger charge is -2.27. The molecule has 1 aliphatic carbocycles. The standard InChI is InChI=1S/C10H20BrNO2S/c1-2-3-8-15(13,14)12-10-7-5-4-6-9(10)11/h9-10,12H,2-8H2,1H3. The second-order valence-electron chi connectivity index (χ2n) is 4.20. The Morgan fingerprint density at radius 1 is 1.33 bits per heavy atom. The predicted octanol–water partition coefficient (Wildman–Crippen LogP) is 2.41. The van der Waals surface area contributed by atoms with Crippen LogP contribution in [0.5, 0.6) is 0 Å². The molecule has 5 heteroatoms. The second kappa shape index (κ2) is 6.21. The van der Waals surface area contributed by atoms with E-state index in [1.165, 1.54) is 6.42 Å². The number of halogens is 1. The number of nitrogens with one attached hydrogen (secondary N) is 1. The molecule has 0 aromatic carbocycles. The lowest BCUT2D eigenvalue weighted by molar-refractivity contribution is 0.427. The molecule has 1 saturated carbocycles. The Balaban J connectivity index is 2.44. The maximum absolute atomic E-state index is 11.7. The van der Waals surface area contributed by atoms with E-state index in [0.717, 1.165) is 32.1 Å². The van der Waals surface area contributed by atoms with Crippen molar-refractivity contribution in [1.29, 1.82) is 0 Å². The Bertz CT molecular complexity index is 279. The number of rotatable bonds is 5. The fourth-order valence-corrected chi connectivity index (χ4v) is 4.27. The molecule has 1 fully saturated rings. The Labute approximate surface area is 101 Å². The number of sulfonamides is 1. The van der Waals surface area contributed by atoms with Gasteiger partial charge < -0.3 is 0 Å². The molecule has 0 aliphatic heterocycles. The normalized spacial score (nSPS) is 27.9. The van der Waals surface area contributed by atoms with Crippen LogP contribution >= 0.6 is 15.9 Å². The SMILES string of the molecule is CCCCS(=O)(=O)NC1CCCCC1Br. The number of hydrogen-bond donors (Lipinski definition) is 1. The quantitative estimate of drug-likeness (QED) is 0.792. The van der Waals surface area contributed by atoms with Gasteiger partial charge in [-0.05, 0) is 19.3 Å². The molecule has 1 rings (SSSR count). The fourth-order valence-electron chi connectivity index (χ4n) is 1.84. The first-order valence-corrected chi connectivity index (χ1v) is 8.26. The molecule has 0 spiro atoms. The Morgan fingerprint density at radius 3 is 2.60 bits per heavy atom. The van der Waals surface area contributed by atoms with E-state index in [1.807, 2.05) is 6.92 Å². The molecule has 2 atom stereocenters. The summed E-state index contributed by atoms with van der Waals surface area (Å²) in [5.74, 6) is 0.264. The summed E-state index contributed by atoms with van der Waals surface area (Å²) in [5, 5.41) is 0. The molecule has 3 nitrogen and oxygen atoms in total. The van der Waals surface area contributed by atoms with Gasteiger partial charge in [0.2, 0.25) is 10.0 Å². The van der Waals surface area contributed by atoms with E-state index in [9.17, 15) is 8.42 Å². The first kappa shape index (κ1) is 13.5. The fraction of sp³-hybridized carbons (Fsp3) is 1.00. The molecule has 1 aliphatic rings. The molecule has 15 heavy (non-hydrogen) atoms. The van der Waals surface area contributed by atoms with Gasteiger partial charge in [0.05, 0.1) is 5.75 Å². The van der Waals surface area contributed by atoms with E-state index < -0.39 is 10.0 Å². The smallest absolute Gasteiger partial charge is 0.211 e. The van der Waals surface area contributed by atoms with Gasteiger partial charge in [0.15, 0.2) is 0 Å². The monoisotopic (exact) mass is 297 g/mol. The Kier molecular flexibility index (Phi) is 5.57. The topological polar surface area (TPSA) is 46.2 Å². The zero-order chi connectivity index (χ0) is 11.3. The van der Waals surface area contributed by atoms with Gasteiger partial charge in [-0.2, -0.15) is 0 Å². The van der Waals surface area contributed by atoms with Gasteiger partial charge >= 0.3 is 0 Å². The highest BCUT2D eigenvalue weighted by atomic mass is 79.9. The van der Waals surface area contributed by atoms with Crippen LogP contribution in [0, 0.1) is 0 Å². The molecule has 2 unspecified atom stereocenters. The molecule has 0 saturated heterocycles. The van der Waals surface area contributed by atoms with Crippen molar-refractivity contribution in [2.75, 3.05) is 5.75 Å². The number of alkyl halides is 1. The van der Waals surface area contributed by atoms with Crippen LogP contribution in [0.25, 0.3) is 0 Å². The average Bonchev–Trinajstić information content (AvgIpc) is 2.18. The van der Waals surface area contributed by atoms with Crippen LogP contribution in [-0.4, -0.2) is 25.0 Å². The maximum atomic E-state index is 11.7. The molecule has 90 valence electrons. The van der Waals surface area contributed by atoms with Crippen molar-refractivity contribution in [3.05, 3.63) is 0 Å². The van der Waals surface area contributed by atoms with Gasteiger partial charge in [0.1, 0.15) is 0 Å². The minimum atomic E-state index is -3.06. The summed E-state index contributed by atoms with van der Waals surface area (Å²) in [6, 6.07) is 0.0978. The van der Waals surface area contributed by atoms with Gasteiger partial charge in [-0.3, -0.25) is 0 Å². The summed E-state index contributed by atoms with van der Waals surface area (Å²) in [4.78, 5) is 0.308. The van der Waals surface area contributed by atoms with Crippen LogP contribution in [0.1, 0.15) is 45.4 Å². The summed E-state index contributed by atoms with van der Waals surface area (Å²) < 4.78 is 26.1.